The van der Waals surface area contributed by atoms with Crippen molar-refractivity contribution < 1.29 is 19.9 Å². The maximum absolute atomic E-state index is 10.9. The molecule has 0 saturated heterocycles. The van der Waals surface area contributed by atoms with E-state index in [0.717, 1.165) is 6.07 Å². The van der Waals surface area contributed by atoms with Gasteiger partial charge in [0.15, 0.2) is 5.52 Å². The van der Waals surface area contributed by atoms with Crippen molar-refractivity contribution in [2.75, 3.05) is 0 Å². The minimum absolute atomic E-state index is 0.0255. The number of carbonyl (C=O) groups is 1. The van der Waals surface area contributed by atoms with Gasteiger partial charge in [0.05, 0.1) is 10.3 Å². The molecule has 2 N–H and O–H groups in total. The Balaban J connectivity index is 2.96. The van der Waals surface area contributed by atoms with E-state index < -0.39 is 27.9 Å². The number of non-ortho nitro benzene ring substituents is 1. The third-order valence-corrected chi connectivity index (χ3v) is 2.50. The monoisotopic (exact) mass is 248 g/mol. The highest BCUT2D eigenvalue weighted by Gasteiger charge is 2.23. The van der Waals surface area contributed by atoms with Crippen LogP contribution in [0.1, 0.15) is 16.1 Å². The zero-order valence-electron chi connectivity index (χ0n) is 9.25. The molecule has 0 aliphatic heterocycles. The minimum atomic E-state index is -1.43. The summed E-state index contributed by atoms with van der Waals surface area (Å²) < 4.78 is 0. The zero-order valence-corrected chi connectivity index (χ0v) is 9.25. The molecular formula is C11H8N2O5. The van der Waals surface area contributed by atoms with E-state index >= 15 is 0 Å². The molecule has 0 spiro atoms. The van der Waals surface area contributed by atoms with E-state index in [4.69, 9.17) is 5.11 Å². The Hall–Kier alpha value is -2.70. The third-order valence-electron chi connectivity index (χ3n) is 2.50. The largest absolute Gasteiger partial charge is 0.506 e. The van der Waals surface area contributed by atoms with Crippen LogP contribution in [0, 0.1) is 17.0 Å². The van der Waals surface area contributed by atoms with Crippen LogP contribution in [0.15, 0.2) is 18.2 Å². The summed E-state index contributed by atoms with van der Waals surface area (Å²) in [6.45, 7) is 1.64. The van der Waals surface area contributed by atoms with Gasteiger partial charge in [-0.3, -0.25) is 10.1 Å². The number of aromatic nitrogens is 1. The molecule has 0 aliphatic carbocycles. The zero-order chi connectivity index (χ0) is 13.4. The molecule has 1 aromatic carbocycles. The second kappa shape index (κ2) is 3.95. The molecule has 2 aromatic rings. The number of nitro benzene ring substituents is 1. The topological polar surface area (TPSA) is 114 Å². The van der Waals surface area contributed by atoms with Crippen molar-refractivity contribution in [3.8, 4) is 5.75 Å². The van der Waals surface area contributed by atoms with Crippen LogP contribution in [0.3, 0.4) is 0 Å². The van der Waals surface area contributed by atoms with Gasteiger partial charge < -0.3 is 10.2 Å². The van der Waals surface area contributed by atoms with Crippen LogP contribution in [0.2, 0.25) is 0 Å². The summed E-state index contributed by atoms with van der Waals surface area (Å²) in [5.74, 6) is -1.95. The summed E-state index contributed by atoms with van der Waals surface area (Å²) in [7, 11) is 0. The number of carboxylic acid groups (broad SMARTS) is 1. The van der Waals surface area contributed by atoms with Crippen LogP contribution in [-0.4, -0.2) is 26.1 Å². The van der Waals surface area contributed by atoms with Crippen molar-refractivity contribution in [3.63, 3.8) is 0 Å². The number of benzene rings is 1. The molecule has 0 aliphatic rings. The van der Waals surface area contributed by atoms with Crippen LogP contribution in [0.5, 0.6) is 5.75 Å². The van der Waals surface area contributed by atoms with Crippen molar-refractivity contribution in [3.05, 3.63) is 39.6 Å². The maximum Gasteiger partial charge on any atom is 0.339 e. The first-order chi connectivity index (χ1) is 8.41. The number of aromatic carboxylic acids is 1. The van der Waals surface area contributed by atoms with Gasteiger partial charge in [-0.15, -0.1) is 0 Å². The Morgan fingerprint density at radius 1 is 1.44 bits per heavy atom. The quantitative estimate of drug-likeness (QED) is 0.619. The molecule has 18 heavy (non-hydrogen) atoms. The fourth-order valence-electron chi connectivity index (χ4n) is 1.66. The highest BCUT2D eigenvalue weighted by molar-refractivity contribution is 6.03. The van der Waals surface area contributed by atoms with E-state index in [9.17, 15) is 20.0 Å². The fraction of sp³-hybridized carbons (Fsp3) is 0.0909. The second-order valence-electron chi connectivity index (χ2n) is 3.70. The number of hydrogen-bond acceptors (Lipinski definition) is 5. The van der Waals surface area contributed by atoms with Crippen molar-refractivity contribution in [2.45, 2.75) is 6.92 Å². The third kappa shape index (κ3) is 1.71. The Morgan fingerprint density at radius 3 is 2.67 bits per heavy atom. The number of nitro groups is 1. The summed E-state index contributed by atoms with van der Waals surface area (Å²) in [4.78, 5) is 25.0. The fourth-order valence-corrected chi connectivity index (χ4v) is 1.66. The molecule has 0 saturated carbocycles. The minimum Gasteiger partial charge on any atom is -0.506 e. The Morgan fingerprint density at radius 2 is 2.11 bits per heavy atom. The van der Waals surface area contributed by atoms with Gasteiger partial charge in [0, 0.05) is 11.8 Å². The number of pyridine rings is 1. The van der Waals surface area contributed by atoms with E-state index in [-0.39, 0.29) is 10.9 Å². The first-order valence-corrected chi connectivity index (χ1v) is 4.93. The summed E-state index contributed by atoms with van der Waals surface area (Å²) in [6.07, 6.45) is 0. The smallest absolute Gasteiger partial charge is 0.339 e. The number of phenols is 1. The average Bonchev–Trinajstić information content (AvgIpc) is 2.28. The Labute approximate surface area is 100 Å². The second-order valence-corrected chi connectivity index (χ2v) is 3.70. The molecule has 0 atom stereocenters. The SMILES string of the molecule is Cc1ccc2c(O)c(C(=O)O)cc([N+](=O)[O-])c2n1. The van der Waals surface area contributed by atoms with Gasteiger partial charge in [0.1, 0.15) is 11.3 Å². The van der Waals surface area contributed by atoms with Gasteiger partial charge in [-0.2, -0.15) is 0 Å². The van der Waals surface area contributed by atoms with Gasteiger partial charge in [-0.05, 0) is 19.1 Å². The van der Waals surface area contributed by atoms with Crippen molar-refractivity contribution in [1.29, 1.82) is 0 Å². The van der Waals surface area contributed by atoms with Crippen molar-refractivity contribution >= 4 is 22.6 Å². The number of aromatic hydroxyl groups is 1. The molecule has 1 aromatic heterocycles. The van der Waals surface area contributed by atoms with E-state index in [1.54, 1.807) is 6.92 Å². The lowest BCUT2D eigenvalue weighted by Crippen LogP contribution is -2.01. The highest BCUT2D eigenvalue weighted by atomic mass is 16.6. The maximum atomic E-state index is 10.9. The van der Waals surface area contributed by atoms with Crippen LogP contribution in [0.25, 0.3) is 10.9 Å². The Bertz CT molecular complexity index is 681. The lowest BCUT2D eigenvalue weighted by Gasteiger charge is -2.05. The number of nitrogens with zero attached hydrogens (tertiary/aromatic N) is 2. The van der Waals surface area contributed by atoms with Gasteiger partial charge in [0.25, 0.3) is 5.69 Å². The molecular weight excluding hydrogens is 240 g/mol. The van der Waals surface area contributed by atoms with Crippen LogP contribution < -0.4 is 0 Å². The van der Waals surface area contributed by atoms with E-state index in [0.29, 0.717) is 5.69 Å². The van der Waals surface area contributed by atoms with E-state index in [1.165, 1.54) is 12.1 Å². The predicted molar refractivity (Wildman–Crippen MR) is 61.8 cm³/mol. The average molecular weight is 248 g/mol. The molecule has 0 unspecified atom stereocenters. The highest BCUT2D eigenvalue weighted by Crippen LogP contribution is 2.34. The molecule has 0 radical (unpaired) electrons. The molecule has 1 heterocycles. The van der Waals surface area contributed by atoms with E-state index in [1.807, 2.05) is 0 Å². The summed E-state index contributed by atoms with van der Waals surface area (Å²) in [5.41, 5.74) is -0.445. The molecule has 0 bridgehead atoms. The van der Waals surface area contributed by atoms with E-state index in [2.05, 4.69) is 4.98 Å². The predicted octanol–water partition coefficient (Wildman–Crippen LogP) is 1.86. The Kier molecular flexibility index (Phi) is 2.59. The van der Waals surface area contributed by atoms with Crippen molar-refractivity contribution in [1.82, 2.24) is 4.98 Å². The normalized spacial score (nSPS) is 10.5. The van der Waals surface area contributed by atoms with Crippen LogP contribution in [-0.2, 0) is 0 Å². The standard InChI is InChI=1S/C11H8N2O5/c1-5-2-3-6-9(12-5)8(13(17)18)4-7(10(6)14)11(15)16/h2-4,14H,1H3,(H,15,16). The van der Waals surface area contributed by atoms with Crippen molar-refractivity contribution in [2.24, 2.45) is 0 Å². The number of aryl methyl sites for hydroxylation is 1. The molecule has 92 valence electrons. The van der Waals surface area contributed by atoms with Gasteiger partial charge >= 0.3 is 5.97 Å². The number of fused-ring (bicyclic) bond motifs is 1. The first-order valence-electron chi connectivity index (χ1n) is 4.93. The van der Waals surface area contributed by atoms with Gasteiger partial charge in [-0.25, -0.2) is 9.78 Å². The van der Waals surface area contributed by atoms with Crippen LogP contribution >= 0.6 is 0 Å². The number of rotatable bonds is 2. The lowest BCUT2D eigenvalue weighted by atomic mass is 10.1. The van der Waals surface area contributed by atoms with Gasteiger partial charge in [0.2, 0.25) is 0 Å². The summed E-state index contributed by atoms with van der Waals surface area (Å²) in [6, 6.07) is 3.76. The van der Waals surface area contributed by atoms with Gasteiger partial charge in [-0.1, -0.05) is 0 Å². The molecule has 7 nitrogen and oxygen atoms in total. The molecule has 7 heteroatoms. The molecule has 2 rings (SSSR count). The first kappa shape index (κ1) is 11.8. The lowest BCUT2D eigenvalue weighted by molar-refractivity contribution is -0.383. The summed E-state index contributed by atoms with van der Waals surface area (Å²) >= 11 is 0. The number of carboxylic acids is 1. The molecule has 0 fully saturated rings. The summed E-state index contributed by atoms with van der Waals surface area (Å²) in [5, 5.41) is 29.6. The number of hydrogen-bond donors (Lipinski definition) is 2. The molecule has 0 amide bonds. The van der Waals surface area contributed by atoms with Crippen LogP contribution in [0.4, 0.5) is 5.69 Å².